The summed E-state index contributed by atoms with van der Waals surface area (Å²) in [5.41, 5.74) is 1.63. The molecule has 2 bridgehead atoms. The molecule has 2 saturated carbocycles. The minimum atomic E-state index is 0.0995. The van der Waals surface area contributed by atoms with Crippen molar-refractivity contribution in [3.05, 3.63) is 48.0 Å². The quantitative estimate of drug-likeness (QED) is 0.828. The maximum absolute atomic E-state index is 12.0. The number of carbonyl (C=O) groups excluding carboxylic acids is 1. The molecule has 0 unspecified atom stereocenters. The van der Waals surface area contributed by atoms with Gasteiger partial charge in [0.15, 0.2) is 0 Å². The predicted molar refractivity (Wildman–Crippen MR) is 107 cm³/mol. The Balaban J connectivity index is 1.54. The third kappa shape index (κ3) is 2.40. The summed E-state index contributed by atoms with van der Waals surface area (Å²) >= 11 is 0. The second-order valence-corrected chi connectivity index (χ2v) is 9.58. The molecule has 3 nitrogen and oxygen atoms in total. The first-order chi connectivity index (χ1) is 12.9. The van der Waals surface area contributed by atoms with Crippen molar-refractivity contribution < 1.29 is 9.53 Å². The number of nitrogens with one attached hydrogen (secondary N) is 1. The summed E-state index contributed by atoms with van der Waals surface area (Å²) in [6, 6.07) is 15.6. The van der Waals surface area contributed by atoms with E-state index in [1.807, 2.05) is 0 Å². The summed E-state index contributed by atoms with van der Waals surface area (Å²) in [5.74, 6) is 1.24. The first-order valence-electron chi connectivity index (χ1n) is 10.3. The Morgan fingerprint density at radius 2 is 1.93 bits per heavy atom. The largest absolute Gasteiger partial charge is 0.373 e. The lowest BCUT2D eigenvalue weighted by molar-refractivity contribution is -0.135. The van der Waals surface area contributed by atoms with E-state index in [4.69, 9.17) is 4.74 Å². The predicted octanol–water partition coefficient (Wildman–Crippen LogP) is 4.86. The lowest BCUT2D eigenvalue weighted by atomic mass is 9.59. The van der Waals surface area contributed by atoms with E-state index in [1.54, 1.807) is 6.92 Å². The molecule has 5 atom stereocenters. The van der Waals surface area contributed by atoms with Crippen LogP contribution in [0.3, 0.4) is 0 Å². The average Bonchev–Trinajstić information content (AvgIpc) is 3.14. The van der Waals surface area contributed by atoms with Crippen molar-refractivity contribution in [2.24, 2.45) is 22.7 Å². The van der Waals surface area contributed by atoms with Crippen molar-refractivity contribution in [2.45, 2.75) is 52.2 Å². The summed E-state index contributed by atoms with van der Waals surface area (Å²) in [7, 11) is 0. The number of benzene rings is 2. The number of hydrogen-bond donors (Lipinski definition) is 1. The fourth-order valence-electron chi connectivity index (χ4n) is 6.71. The zero-order valence-electron chi connectivity index (χ0n) is 16.5. The topological polar surface area (TPSA) is 38.3 Å². The van der Waals surface area contributed by atoms with Crippen molar-refractivity contribution in [2.75, 3.05) is 6.61 Å². The number of fused-ring (bicyclic) bond motifs is 2. The smallest absolute Gasteiger partial charge is 0.217 e. The van der Waals surface area contributed by atoms with Gasteiger partial charge in [0.2, 0.25) is 5.91 Å². The van der Waals surface area contributed by atoms with Gasteiger partial charge in [0, 0.05) is 19.6 Å². The van der Waals surface area contributed by atoms with Crippen molar-refractivity contribution in [1.29, 1.82) is 0 Å². The second kappa shape index (κ2) is 5.81. The summed E-state index contributed by atoms with van der Waals surface area (Å²) < 4.78 is 6.38. The molecule has 27 heavy (non-hydrogen) atoms. The highest BCUT2D eigenvalue weighted by Gasteiger charge is 2.68. The standard InChI is InChI=1S/C24H29NO2/c1-15(26)25-22-23(2,3)19-13-20-21(27-11-10-24(20,22)14-19)18-9-8-16-6-4-5-7-17(16)12-18/h4-9,12,19-22H,10-11,13-14H2,1-3H3,(H,25,26)/t19-,20-,21-,22+,24-/m1/s1. The third-order valence-corrected chi connectivity index (χ3v) is 7.95. The van der Waals surface area contributed by atoms with E-state index >= 15 is 0 Å². The van der Waals surface area contributed by atoms with Crippen LogP contribution < -0.4 is 5.32 Å². The molecule has 1 heterocycles. The normalized spacial score (nSPS) is 36.6. The fraction of sp³-hybridized carbons (Fsp3) is 0.542. The van der Waals surface area contributed by atoms with E-state index in [2.05, 4.69) is 61.6 Å². The number of ether oxygens (including phenoxy) is 1. The van der Waals surface area contributed by atoms with Crippen LogP contribution in [0.15, 0.2) is 42.5 Å². The van der Waals surface area contributed by atoms with E-state index in [9.17, 15) is 4.79 Å². The van der Waals surface area contributed by atoms with Crippen molar-refractivity contribution in [3.8, 4) is 0 Å². The summed E-state index contributed by atoms with van der Waals surface area (Å²) in [6.07, 6.45) is 3.64. The Morgan fingerprint density at radius 3 is 2.70 bits per heavy atom. The van der Waals surface area contributed by atoms with Gasteiger partial charge in [0.1, 0.15) is 0 Å². The highest BCUT2D eigenvalue weighted by molar-refractivity contribution is 5.83. The number of amides is 1. The molecular weight excluding hydrogens is 334 g/mol. The van der Waals surface area contributed by atoms with E-state index in [1.165, 1.54) is 29.2 Å². The maximum atomic E-state index is 12.0. The van der Waals surface area contributed by atoms with Crippen LogP contribution in [-0.4, -0.2) is 18.6 Å². The molecule has 0 aromatic heterocycles. The van der Waals surface area contributed by atoms with Crippen LogP contribution in [0, 0.1) is 22.7 Å². The van der Waals surface area contributed by atoms with Crippen LogP contribution in [-0.2, 0) is 9.53 Å². The molecule has 2 aliphatic carbocycles. The Bertz CT molecular complexity index is 904. The first kappa shape index (κ1) is 17.2. The third-order valence-electron chi connectivity index (χ3n) is 7.95. The van der Waals surface area contributed by atoms with Gasteiger partial charge in [-0.1, -0.05) is 50.2 Å². The van der Waals surface area contributed by atoms with Gasteiger partial charge >= 0.3 is 0 Å². The van der Waals surface area contributed by atoms with Crippen LogP contribution in [0.25, 0.3) is 10.8 Å². The Hall–Kier alpha value is -1.87. The van der Waals surface area contributed by atoms with Gasteiger partial charge < -0.3 is 10.1 Å². The maximum Gasteiger partial charge on any atom is 0.217 e. The molecular formula is C24H29NO2. The molecule has 2 aromatic rings. The highest BCUT2D eigenvalue weighted by atomic mass is 16.5. The summed E-state index contributed by atoms with van der Waals surface area (Å²) in [4.78, 5) is 12.0. The zero-order valence-corrected chi connectivity index (χ0v) is 16.5. The number of hydrogen-bond acceptors (Lipinski definition) is 2. The first-order valence-corrected chi connectivity index (χ1v) is 10.3. The van der Waals surface area contributed by atoms with Crippen LogP contribution in [0.1, 0.15) is 51.7 Å². The van der Waals surface area contributed by atoms with E-state index in [-0.39, 0.29) is 28.9 Å². The molecule has 2 aromatic carbocycles. The van der Waals surface area contributed by atoms with Crippen LogP contribution in [0.4, 0.5) is 0 Å². The Kier molecular flexibility index (Phi) is 3.71. The van der Waals surface area contributed by atoms with Crippen LogP contribution >= 0.6 is 0 Å². The van der Waals surface area contributed by atoms with Crippen molar-refractivity contribution >= 4 is 16.7 Å². The zero-order chi connectivity index (χ0) is 18.8. The monoisotopic (exact) mass is 363 g/mol. The minimum Gasteiger partial charge on any atom is -0.373 e. The molecule has 3 fully saturated rings. The Morgan fingerprint density at radius 1 is 1.15 bits per heavy atom. The lowest BCUT2D eigenvalue weighted by Crippen LogP contribution is -2.58. The molecule has 1 amide bonds. The molecule has 142 valence electrons. The fourth-order valence-corrected chi connectivity index (χ4v) is 6.71. The molecule has 1 spiro atoms. The highest BCUT2D eigenvalue weighted by Crippen LogP contribution is 2.70. The lowest BCUT2D eigenvalue weighted by Gasteiger charge is -2.53. The number of rotatable bonds is 2. The number of carbonyl (C=O) groups is 1. The molecule has 1 aliphatic heterocycles. The van der Waals surface area contributed by atoms with Crippen LogP contribution in [0.2, 0.25) is 0 Å². The molecule has 1 N–H and O–H groups in total. The van der Waals surface area contributed by atoms with Gasteiger partial charge in [0.05, 0.1) is 6.10 Å². The summed E-state index contributed by atoms with van der Waals surface area (Å²) in [5, 5.41) is 5.91. The second-order valence-electron chi connectivity index (χ2n) is 9.58. The van der Waals surface area contributed by atoms with E-state index < -0.39 is 0 Å². The van der Waals surface area contributed by atoms with Gasteiger partial charge in [-0.3, -0.25) is 4.79 Å². The molecule has 1 saturated heterocycles. The molecule has 3 heteroatoms. The summed E-state index contributed by atoms with van der Waals surface area (Å²) in [6.45, 7) is 7.15. The molecule has 3 aliphatic rings. The minimum absolute atomic E-state index is 0.0995. The van der Waals surface area contributed by atoms with E-state index in [0.717, 1.165) is 13.0 Å². The van der Waals surface area contributed by atoms with Crippen molar-refractivity contribution in [3.63, 3.8) is 0 Å². The molecule has 5 rings (SSSR count). The van der Waals surface area contributed by atoms with Gasteiger partial charge in [0.25, 0.3) is 0 Å². The SMILES string of the molecule is CC(=O)N[C@H]1C(C)(C)[C@@H]2C[C@@H]3[C@@H](c4ccc5ccccc5c4)OCC[C@@]31C2. The van der Waals surface area contributed by atoms with Gasteiger partial charge in [-0.05, 0) is 64.3 Å². The van der Waals surface area contributed by atoms with Crippen LogP contribution in [0.5, 0.6) is 0 Å². The van der Waals surface area contributed by atoms with Gasteiger partial charge in [-0.25, -0.2) is 0 Å². The van der Waals surface area contributed by atoms with Crippen molar-refractivity contribution in [1.82, 2.24) is 5.32 Å². The van der Waals surface area contributed by atoms with E-state index in [0.29, 0.717) is 11.8 Å². The van der Waals surface area contributed by atoms with Gasteiger partial charge in [-0.15, -0.1) is 0 Å². The molecule has 0 radical (unpaired) electrons. The Labute approximate surface area is 161 Å². The van der Waals surface area contributed by atoms with Gasteiger partial charge in [-0.2, -0.15) is 0 Å². The average molecular weight is 364 g/mol.